The molecule has 2 N–H and O–H groups in total. The highest BCUT2D eigenvalue weighted by Crippen LogP contribution is 2.17. The van der Waals surface area contributed by atoms with Crippen LogP contribution in [0.15, 0.2) is 89.8 Å². The lowest BCUT2D eigenvalue weighted by Gasteiger charge is -2.08. The van der Waals surface area contributed by atoms with E-state index in [1.54, 1.807) is 18.2 Å². The van der Waals surface area contributed by atoms with Crippen molar-refractivity contribution in [2.45, 2.75) is 11.4 Å². The first-order chi connectivity index (χ1) is 13.9. The van der Waals surface area contributed by atoms with E-state index in [0.717, 1.165) is 11.1 Å². The Bertz CT molecular complexity index is 1110. The third-order valence-corrected chi connectivity index (χ3v) is 5.82. The number of nitrogens with one attached hydrogen (secondary N) is 2. The molecule has 0 aliphatic heterocycles. The molecule has 148 valence electrons. The van der Waals surface area contributed by atoms with Crippen LogP contribution < -0.4 is 10.0 Å². The van der Waals surface area contributed by atoms with Crippen LogP contribution in [0.4, 0.5) is 5.69 Å². The Labute approximate surface area is 175 Å². The zero-order valence-corrected chi connectivity index (χ0v) is 17.0. The maximum atomic E-state index is 12.4. The number of halogens is 1. The second-order valence-corrected chi connectivity index (χ2v) is 8.35. The number of amides is 1. The number of rotatable bonds is 7. The largest absolute Gasteiger partial charge is 0.323 e. The summed E-state index contributed by atoms with van der Waals surface area (Å²) in [5, 5.41) is 3.23. The molecule has 0 radical (unpaired) electrons. The van der Waals surface area contributed by atoms with Crippen LogP contribution in [-0.4, -0.2) is 14.3 Å². The molecule has 0 unspecified atom stereocenters. The zero-order valence-electron chi connectivity index (χ0n) is 15.4. The van der Waals surface area contributed by atoms with E-state index >= 15 is 0 Å². The molecule has 1 amide bonds. The van der Waals surface area contributed by atoms with Gasteiger partial charge in [0.05, 0.1) is 4.90 Å². The molecule has 3 rings (SSSR count). The molecule has 0 aliphatic carbocycles. The highest BCUT2D eigenvalue weighted by Gasteiger charge is 2.13. The molecule has 0 heterocycles. The number of sulfonamides is 1. The van der Waals surface area contributed by atoms with Gasteiger partial charge < -0.3 is 5.32 Å². The molecular formula is C22H19ClN2O3S. The van der Waals surface area contributed by atoms with Gasteiger partial charge in [0.25, 0.3) is 0 Å². The summed E-state index contributed by atoms with van der Waals surface area (Å²) in [6.45, 7) is 0.203. The lowest BCUT2D eigenvalue weighted by molar-refractivity contribution is -0.111. The Hall–Kier alpha value is -2.93. The molecule has 0 saturated carbocycles. The van der Waals surface area contributed by atoms with Crippen LogP contribution in [0.1, 0.15) is 11.1 Å². The van der Waals surface area contributed by atoms with Crippen LogP contribution in [0, 0.1) is 0 Å². The average molecular weight is 427 g/mol. The molecule has 0 atom stereocenters. The normalized spacial score (nSPS) is 11.5. The van der Waals surface area contributed by atoms with Gasteiger partial charge in [0, 0.05) is 23.3 Å². The van der Waals surface area contributed by atoms with E-state index < -0.39 is 10.0 Å². The third-order valence-electron chi connectivity index (χ3n) is 4.06. The molecular weight excluding hydrogens is 408 g/mol. The maximum absolute atomic E-state index is 12.4. The summed E-state index contributed by atoms with van der Waals surface area (Å²) < 4.78 is 27.4. The van der Waals surface area contributed by atoms with Crippen molar-refractivity contribution >= 4 is 39.3 Å². The van der Waals surface area contributed by atoms with Crippen molar-refractivity contribution in [1.82, 2.24) is 4.72 Å². The van der Waals surface area contributed by atoms with E-state index in [2.05, 4.69) is 10.0 Å². The van der Waals surface area contributed by atoms with Gasteiger partial charge in [0.1, 0.15) is 0 Å². The van der Waals surface area contributed by atoms with Crippen molar-refractivity contribution in [3.63, 3.8) is 0 Å². The third kappa shape index (κ3) is 6.02. The van der Waals surface area contributed by atoms with Gasteiger partial charge >= 0.3 is 0 Å². The second-order valence-electron chi connectivity index (χ2n) is 6.18. The summed E-state index contributed by atoms with van der Waals surface area (Å²) in [5.74, 6) is -0.345. The Kier molecular flexibility index (Phi) is 6.82. The molecule has 0 aliphatic rings. The molecule has 0 spiro atoms. The number of benzene rings is 3. The van der Waals surface area contributed by atoms with E-state index in [9.17, 15) is 13.2 Å². The number of hydrogen-bond donors (Lipinski definition) is 2. The topological polar surface area (TPSA) is 75.3 Å². The standard InChI is InChI=1S/C22H19ClN2O3S/c23-21-9-5-4-8-18(21)10-15-22(26)25-19-11-13-20(14-12-19)29(27,28)24-16-17-6-2-1-3-7-17/h1-15,24H,16H2,(H,25,26). The minimum absolute atomic E-state index is 0.123. The van der Waals surface area contributed by atoms with Gasteiger partial charge in [-0.15, -0.1) is 0 Å². The van der Waals surface area contributed by atoms with Gasteiger partial charge in [-0.3, -0.25) is 4.79 Å². The van der Waals surface area contributed by atoms with Gasteiger partial charge in [0.2, 0.25) is 15.9 Å². The van der Waals surface area contributed by atoms with Crippen LogP contribution in [-0.2, 0) is 21.4 Å². The smallest absolute Gasteiger partial charge is 0.248 e. The first-order valence-electron chi connectivity index (χ1n) is 8.81. The van der Waals surface area contributed by atoms with E-state index in [0.29, 0.717) is 10.7 Å². The summed E-state index contributed by atoms with van der Waals surface area (Å²) in [4.78, 5) is 12.2. The van der Waals surface area contributed by atoms with Crippen molar-refractivity contribution in [1.29, 1.82) is 0 Å². The molecule has 29 heavy (non-hydrogen) atoms. The predicted molar refractivity (Wildman–Crippen MR) is 116 cm³/mol. The van der Waals surface area contributed by atoms with E-state index in [1.165, 1.54) is 30.3 Å². The lowest BCUT2D eigenvalue weighted by Crippen LogP contribution is -2.23. The molecule has 0 bridgehead atoms. The van der Waals surface area contributed by atoms with Crippen molar-refractivity contribution < 1.29 is 13.2 Å². The van der Waals surface area contributed by atoms with E-state index in [4.69, 9.17) is 11.6 Å². The molecule has 7 heteroatoms. The highest BCUT2D eigenvalue weighted by molar-refractivity contribution is 7.89. The molecule has 3 aromatic rings. The van der Waals surface area contributed by atoms with Crippen molar-refractivity contribution in [2.24, 2.45) is 0 Å². The SMILES string of the molecule is O=C(C=Cc1ccccc1Cl)Nc1ccc(S(=O)(=O)NCc2ccccc2)cc1. The van der Waals surface area contributed by atoms with Crippen LogP contribution >= 0.6 is 11.6 Å². The Morgan fingerprint density at radius 3 is 2.24 bits per heavy atom. The maximum Gasteiger partial charge on any atom is 0.248 e. The average Bonchev–Trinajstić information content (AvgIpc) is 2.73. The minimum Gasteiger partial charge on any atom is -0.323 e. The predicted octanol–water partition coefficient (Wildman–Crippen LogP) is 4.47. The Morgan fingerprint density at radius 2 is 1.55 bits per heavy atom. The summed E-state index contributed by atoms with van der Waals surface area (Å²) in [6, 6.07) is 22.4. The zero-order chi connectivity index (χ0) is 20.7. The van der Waals surface area contributed by atoms with Gasteiger partial charge in [-0.2, -0.15) is 0 Å². The van der Waals surface area contributed by atoms with Gasteiger partial charge in [-0.05, 0) is 47.5 Å². The lowest BCUT2D eigenvalue weighted by atomic mass is 10.2. The van der Waals surface area contributed by atoms with E-state index in [1.807, 2.05) is 42.5 Å². The minimum atomic E-state index is -3.65. The molecule has 3 aromatic carbocycles. The fourth-order valence-corrected chi connectivity index (χ4v) is 3.75. The molecule has 0 saturated heterocycles. The first-order valence-corrected chi connectivity index (χ1v) is 10.7. The van der Waals surface area contributed by atoms with Gasteiger partial charge in [-0.1, -0.05) is 60.1 Å². The number of hydrogen-bond acceptors (Lipinski definition) is 3. The molecule has 0 fully saturated rings. The number of carbonyl (C=O) groups is 1. The summed E-state index contributed by atoms with van der Waals surface area (Å²) in [5.41, 5.74) is 2.08. The fourth-order valence-electron chi connectivity index (χ4n) is 2.53. The van der Waals surface area contributed by atoms with Gasteiger partial charge in [0.15, 0.2) is 0 Å². The fraction of sp³-hybridized carbons (Fsp3) is 0.0455. The van der Waals surface area contributed by atoms with Crippen molar-refractivity contribution in [3.8, 4) is 0 Å². The van der Waals surface area contributed by atoms with Gasteiger partial charge in [-0.25, -0.2) is 13.1 Å². The van der Waals surface area contributed by atoms with Crippen LogP contribution in [0.25, 0.3) is 6.08 Å². The number of anilines is 1. The highest BCUT2D eigenvalue weighted by atomic mass is 35.5. The monoisotopic (exact) mass is 426 g/mol. The number of carbonyl (C=O) groups excluding carboxylic acids is 1. The van der Waals surface area contributed by atoms with Crippen LogP contribution in [0.5, 0.6) is 0 Å². The second kappa shape index (κ2) is 9.52. The summed E-state index contributed by atoms with van der Waals surface area (Å²) in [6.07, 6.45) is 2.98. The quantitative estimate of drug-likeness (QED) is 0.547. The Balaban J connectivity index is 1.60. The van der Waals surface area contributed by atoms with E-state index in [-0.39, 0.29) is 17.3 Å². The van der Waals surface area contributed by atoms with Crippen LogP contribution in [0.3, 0.4) is 0 Å². The van der Waals surface area contributed by atoms with Crippen molar-refractivity contribution in [3.05, 3.63) is 101 Å². The van der Waals surface area contributed by atoms with Crippen LogP contribution in [0.2, 0.25) is 5.02 Å². The first kappa shape index (κ1) is 20.8. The summed E-state index contributed by atoms with van der Waals surface area (Å²) in [7, 11) is -3.65. The molecule has 0 aromatic heterocycles. The van der Waals surface area contributed by atoms with Crippen molar-refractivity contribution in [2.75, 3.05) is 5.32 Å². The molecule has 5 nitrogen and oxygen atoms in total. The Morgan fingerprint density at radius 1 is 0.897 bits per heavy atom. The summed E-state index contributed by atoms with van der Waals surface area (Å²) >= 11 is 6.05.